The molecular formula is C6H11NO2Se. The van der Waals surface area contributed by atoms with E-state index < -0.39 is 13.7 Å². The Morgan fingerprint density at radius 2 is 2.10 bits per heavy atom. The van der Waals surface area contributed by atoms with Crippen LogP contribution in [0.4, 0.5) is 0 Å². The van der Waals surface area contributed by atoms with E-state index in [1.54, 1.807) is 6.08 Å². The van der Waals surface area contributed by atoms with Gasteiger partial charge in [-0.2, -0.15) is 0 Å². The fraction of sp³-hybridized carbons (Fsp3) is 0.500. The SMILES string of the molecule is CC(C)C1=N[Se](O)(O)C=C1. The Balaban J connectivity index is 2.78. The van der Waals surface area contributed by atoms with E-state index in [9.17, 15) is 0 Å². The van der Waals surface area contributed by atoms with E-state index in [2.05, 4.69) is 4.01 Å². The summed E-state index contributed by atoms with van der Waals surface area (Å²) in [5.74, 6) is 0.287. The summed E-state index contributed by atoms with van der Waals surface area (Å²) in [5, 5.41) is 0. The molecule has 0 unspecified atom stereocenters. The number of hydrogen-bond donors (Lipinski definition) is 2. The summed E-state index contributed by atoms with van der Waals surface area (Å²) in [7, 11) is 0. The predicted octanol–water partition coefficient (Wildman–Crippen LogP) is 0.116. The van der Waals surface area contributed by atoms with Gasteiger partial charge in [0.2, 0.25) is 0 Å². The molecule has 0 atom stereocenters. The molecule has 0 amide bonds. The zero-order valence-electron chi connectivity index (χ0n) is 5.98. The molecule has 4 heteroatoms. The fourth-order valence-corrected chi connectivity index (χ4v) is 2.70. The van der Waals surface area contributed by atoms with Crippen molar-refractivity contribution in [3.63, 3.8) is 0 Å². The number of rotatable bonds is 1. The molecule has 0 aliphatic carbocycles. The van der Waals surface area contributed by atoms with Crippen LogP contribution in [0.5, 0.6) is 0 Å². The standard InChI is InChI=1S/C6H11NO2Se/c1-5(2)6-3-4-10(8,9)7-6/h3-5,8-9H,1-2H3. The maximum absolute atomic E-state index is 9.05. The summed E-state index contributed by atoms with van der Waals surface area (Å²) < 4.78 is 21.9. The van der Waals surface area contributed by atoms with Crippen LogP contribution in [0, 0.1) is 5.92 Å². The van der Waals surface area contributed by atoms with Gasteiger partial charge in [0, 0.05) is 0 Å². The molecule has 0 bridgehead atoms. The van der Waals surface area contributed by atoms with Crippen molar-refractivity contribution in [1.82, 2.24) is 0 Å². The molecule has 2 N–H and O–H groups in total. The average Bonchev–Trinajstić information content (AvgIpc) is 2.10. The third-order valence-electron chi connectivity index (χ3n) is 1.25. The van der Waals surface area contributed by atoms with E-state index in [4.69, 9.17) is 8.38 Å². The van der Waals surface area contributed by atoms with Crippen LogP contribution in [0.2, 0.25) is 0 Å². The van der Waals surface area contributed by atoms with Gasteiger partial charge in [0.05, 0.1) is 0 Å². The van der Waals surface area contributed by atoms with E-state index in [1.165, 1.54) is 4.97 Å². The van der Waals surface area contributed by atoms with Crippen molar-refractivity contribution in [2.45, 2.75) is 13.8 Å². The van der Waals surface area contributed by atoms with Crippen molar-refractivity contribution in [3.05, 3.63) is 11.1 Å². The van der Waals surface area contributed by atoms with E-state index in [0.717, 1.165) is 5.71 Å². The maximum atomic E-state index is 9.05. The van der Waals surface area contributed by atoms with Gasteiger partial charge >= 0.3 is 62.6 Å². The van der Waals surface area contributed by atoms with Crippen molar-refractivity contribution < 1.29 is 8.38 Å². The third-order valence-corrected chi connectivity index (χ3v) is 3.31. The van der Waals surface area contributed by atoms with Gasteiger partial charge < -0.3 is 0 Å². The second kappa shape index (κ2) is 2.47. The number of allylic oxidation sites excluding steroid dienone is 1. The summed E-state index contributed by atoms with van der Waals surface area (Å²) >= 11 is -3.42. The molecule has 0 spiro atoms. The molecule has 1 heterocycles. The molecule has 1 aliphatic heterocycles. The van der Waals surface area contributed by atoms with Crippen molar-refractivity contribution >= 4 is 19.4 Å². The Kier molecular flexibility index (Phi) is 1.97. The van der Waals surface area contributed by atoms with Crippen LogP contribution >= 0.6 is 0 Å². The molecule has 0 saturated carbocycles. The number of nitrogens with zero attached hydrogens (tertiary/aromatic N) is 1. The second-order valence-electron chi connectivity index (χ2n) is 2.53. The molecule has 0 aromatic carbocycles. The Bertz CT molecular complexity index is 196. The average molecular weight is 208 g/mol. The minimum absolute atomic E-state index is 0.287. The van der Waals surface area contributed by atoms with Crippen LogP contribution in [0.1, 0.15) is 13.8 Å². The van der Waals surface area contributed by atoms with Gasteiger partial charge in [-0.05, 0) is 0 Å². The summed E-state index contributed by atoms with van der Waals surface area (Å²) in [5.41, 5.74) is 0.796. The molecule has 58 valence electrons. The van der Waals surface area contributed by atoms with Crippen molar-refractivity contribution in [2.75, 3.05) is 0 Å². The first-order valence-electron chi connectivity index (χ1n) is 3.07. The predicted molar refractivity (Wildman–Crippen MR) is 41.6 cm³/mol. The van der Waals surface area contributed by atoms with Crippen molar-refractivity contribution in [1.29, 1.82) is 0 Å². The quantitative estimate of drug-likeness (QED) is 0.601. The van der Waals surface area contributed by atoms with E-state index in [1.807, 2.05) is 13.8 Å². The van der Waals surface area contributed by atoms with Gasteiger partial charge in [0.15, 0.2) is 0 Å². The Labute approximate surface area is 63.2 Å². The Hall–Kier alpha value is -0.151. The number of hydrogen-bond acceptors (Lipinski definition) is 3. The zero-order chi connectivity index (χ0) is 7.78. The fourth-order valence-electron chi connectivity index (χ4n) is 0.675. The van der Waals surface area contributed by atoms with E-state index in [-0.39, 0.29) is 5.92 Å². The molecule has 1 aliphatic rings. The topological polar surface area (TPSA) is 52.8 Å². The molecule has 1 rings (SSSR count). The van der Waals surface area contributed by atoms with Gasteiger partial charge in [0.1, 0.15) is 0 Å². The molecule has 0 aromatic rings. The van der Waals surface area contributed by atoms with Gasteiger partial charge in [-0.25, -0.2) is 0 Å². The molecular weight excluding hydrogens is 197 g/mol. The van der Waals surface area contributed by atoms with Crippen LogP contribution in [0.15, 0.2) is 15.1 Å². The van der Waals surface area contributed by atoms with Gasteiger partial charge in [-0.3, -0.25) is 0 Å². The van der Waals surface area contributed by atoms with Crippen LogP contribution in [0.25, 0.3) is 0 Å². The molecule has 3 nitrogen and oxygen atoms in total. The summed E-state index contributed by atoms with van der Waals surface area (Å²) in [6.45, 7) is 3.95. The minimum atomic E-state index is -3.42. The van der Waals surface area contributed by atoms with Crippen LogP contribution < -0.4 is 0 Å². The molecule has 0 radical (unpaired) electrons. The second-order valence-corrected chi connectivity index (χ2v) is 5.84. The monoisotopic (exact) mass is 209 g/mol. The van der Waals surface area contributed by atoms with E-state index >= 15 is 0 Å². The van der Waals surface area contributed by atoms with Gasteiger partial charge in [-0.15, -0.1) is 0 Å². The van der Waals surface area contributed by atoms with Gasteiger partial charge in [-0.1, -0.05) is 0 Å². The van der Waals surface area contributed by atoms with Crippen molar-refractivity contribution in [2.24, 2.45) is 9.93 Å². The molecule has 0 fully saturated rings. The van der Waals surface area contributed by atoms with Crippen LogP contribution in [-0.2, 0) is 0 Å². The normalized spacial score (nSPS) is 25.1. The molecule has 0 aromatic heterocycles. The zero-order valence-corrected chi connectivity index (χ0v) is 7.70. The molecule has 10 heavy (non-hydrogen) atoms. The Morgan fingerprint density at radius 3 is 2.30 bits per heavy atom. The first kappa shape index (κ1) is 7.95. The first-order valence-corrected chi connectivity index (χ1v) is 6.36. The summed E-state index contributed by atoms with van der Waals surface area (Å²) in [6.07, 6.45) is 1.70. The van der Waals surface area contributed by atoms with Crippen molar-refractivity contribution in [3.8, 4) is 0 Å². The first-order chi connectivity index (χ1) is 4.51. The van der Waals surface area contributed by atoms with E-state index in [0.29, 0.717) is 0 Å². The Morgan fingerprint density at radius 1 is 1.50 bits per heavy atom. The molecule has 0 saturated heterocycles. The summed E-state index contributed by atoms with van der Waals surface area (Å²) in [4.78, 5) is 1.42. The van der Waals surface area contributed by atoms with Crippen LogP contribution in [-0.4, -0.2) is 27.8 Å². The van der Waals surface area contributed by atoms with Crippen LogP contribution in [0.3, 0.4) is 0 Å². The third kappa shape index (κ3) is 1.67. The summed E-state index contributed by atoms with van der Waals surface area (Å²) in [6, 6.07) is 0. The van der Waals surface area contributed by atoms with Gasteiger partial charge in [0.25, 0.3) is 0 Å².